The summed E-state index contributed by atoms with van der Waals surface area (Å²) in [5.41, 5.74) is 0.418. The van der Waals surface area contributed by atoms with Gasteiger partial charge in [-0.2, -0.15) is 0 Å². The number of rotatable bonds is 6. The molecule has 3 aliphatic rings. The Balaban J connectivity index is 1.30. The minimum Gasteiger partial charge on any atom is -0.323 e. The number of nitrogens with one attached hydrogen (secondary N) is 2. The van der Waals surface area contributed by atoms with Crippen molar-refractivity contribution in [1.82, 2.24) is 4.90 Å². The third-order valence-electron chi connectivity index (χ3n) is 6.36. The highest BCUT2D eigenvalue weighted by molar-refractivity contribution is 7.92. The standard InChI is InChI=1S/C23H21N3O5S/c27-19(13-26-22(28)20-14-10-11-15(12-14)21(20)23(26)29)24-17-8-4-5-9-18(17)25-32(30,31)16-6-2-1-3-7-16/h1-11,14-15,20-21,25H,12-13H2,(H,24,27). The number of amides is 3. The summed E-state index contributed by atoms with van der Waals surface area (Å²) in [5, 5.41) is 2.63. The van der Waals surface area contributed by atoms with E-state index in [0.29, 0.717) is 0 Å². The van der Waals surface area contributed by atoms with Crippen LogP contribution in [-0.2, 0) is 24.4 Å². The Morgan fingerprint density at radius 3 is 2.06 bits per heavy atom. The minimum absolute atomic E-state index is 0.0719. The number of fused-ring (bicyclic) bond motifs is 5. The van der Waals surface area contributed by atoms with Gasteiger partial charge in [0.15, 0.2) is 0 Å². The number of sulfonamides is 1. The van der Waals surface area contributed by atoms with Gasteiger partial charge in [0.1, 0.15) is 6.54 Å². The van der Waals surface area contributed by atoms with Crippen LogP contribution >= 0.6 is 0 Å². The number of likely N-dealkylation sites (tertiary alicyclic amines) is 1. The lowest BCUT2D eigenvalue weighted by atomic mass is 9.85. The average Bonchev–Trinajstić information content (AvgIpc) is 3.46. The third-order valence-corrected chi connectivity index (χ3v) is 7.74. The van der Waals surface area contributed by atoms with Gasteiger partial charge in [0.05, 0.1) is 28.1 Å². The molecular formula is C23H21N3O5S. The van der Waals surface area contributed by atoms with Crippen molar-refractivity contribution in [3.05, 3.63) is 66.7 Å². The van der Waals surface area contributed by atoms with Crippen LogP contribution in [0.2, 0.25) is 0 Å². The molecule has 0 radical (unpaired) electrons. The Morgan fingerprint density at radius 1 is 0.875 bits per heavy atom. The molecule has 0 spiro atoms. The number of benzene rings is 2. The molecule has 1 aliphatic heterocycles. The van der Waals surface area contributed by atoms with Crippen LogP contribution in [0.4, 0.5) is 11.4 Å². The molecule has 9 heteroatoms. The fraction of sp³-hybridized carbons (Fsp3) is 0.261. The summed E-state index contributed by atoms with van der Waals surface area (Å²) in [7, 11) is -3.85. The molecule has 2 aliphatic carbocycles. The maximum absolute atomic E-state index is 12.8. The molecule has 5 rings (SSSR count). The molecule has 2 aromatic rings. The van der Waals surface area contributed by atoms with Crippen LogP contribution in [0.1, 0.15) is 6.42 Å². The van der Waals surface area contributed by atoms with Gasteiger partial charge in [-0.1, -0.05) is 42.5 Å². The van der Waals surface area contributed by atoms with Gasteiger partial charge >= 0.3 is 0 Å². The first-order chi connectivity index (χ1) is 15.3. The lowest BCUT2D eigenvalue weighted by Gasteiger charge is -2.18. The Labute approximate surface area is 185 Å². The van der Waals surface area contributed by atoms with Crippen LogP contribution in [0.15, 0.2) is 71.6 Å². The van der Waals surface area contributed by atoms with Crippen molar-refractivity contribution in [3.63, 3.8) is 0 Å². The molecule has 0 aromatic heterocycles. The second-order valence-electron chi connectivity index (χ2n) is 8.27. The van der Waals surface area contributed by atoms with Crippen molar-refractivity contribution < 1.29 is 22.8 Å². The smallest absolute Gasteiger partial charge is 0.261 e. The number of carbonyl (C=O) groups excluding carboxylic acids is 3. The summed E-state index contributed by atoms with van der Waals surface area (Å²) in [6, 6.07) is 14.2. The Morgan fingerprint density at radius 2 is 1.44 bits per heavy atom. The van der Waals surface area contributed by atoms with Crippen molar-refractivity contribution in [1.29, 1.82) is 0 Å². The van der Waals surface area contributed by atoms with E-state index < -0.39 is 22.5 Å². The third kappa shape index (κ3) is 3.38. The SMILES string of the molecule is O=C(CN1C(=O)C2C3C=CC(C3)C2C1=O)Nc1ccccc1NS(=O)(=O)c1ccccc1. The van der Waals surface area contributed by atoms with Crippen LogP contribution in [-0.4, -0.2) is 37.6 Å². The van der Waals surface area contributed by atoms with Crippen molar-refractivity contribution in [2.75, 3.05) is 16.6 Å². The molecule has 1 saturated heterocycles. The molecule has 2 N–H and O–H groups in total. The van der Waals surface area contributed by atoms with E-state index in [2.05, 4.69) is 10.0 Å². The molecule has 3 amide bonds. The summed E-state index contributed by atoms with van der Waals surface area (Å²) in [5.74, 6) is -1.76. The quantitative estimate of drug-likeness (QED) is 0.517. The zero-order chi connectivity index (χ0) is 22.5. The minimum atomic E-state index is -3.85. The van der Waals surface area contributed by atoms with E-state index in [0.717, 1.165) is 11.3 Å². The highest BCUT2D eigenvalue weighted by atomic mass is 32.2. The number of carbonyl (C=O) groups is 3. The first kappa shape index (κ1) is 20.4. The number of nitrogens with zero attached hydrogens (tertiary/aromatic N) is 1. The number of hydrogen-bond donors (Lipinski definition) is 2. The molecule has 1 saturated carbocycles. The van der Waals surface area contributed by atoms with Gasteiger partial charge in [0, 0.05) is 0 Å². The second-order valence-corrected chi connectivity index (χ2v) is 9.96. The number of para-hydroxylation sites is 2. The molecule has 2 fully saturated rings. The predicted molar refractivity (Wildman–Crippen MR) is 117 cm³/mol. The maximum Gasteiger partial charge on any atom is 0.261 e. The summed E-state index contributed by atoms with van der Waals surface area (Å²) in [6.45, 7) is -0.399. The second kappa shape index (κ2) is 7.59. The predicted octanol–water partition coefficient (Wildman–Crippen LogP) is 2.23. The normalized spacial score (nSPS) is 25.8. The van der Waals surface area contributed by atoms with E-state index in [1.807, 2.05) is 12.2 Å². The summed E-state index contributed by atoms with van der Waals surface area (Å²) < 4.78 is 27.8. The van der Waals surface area contributed by atoms with Crippen molar-refractivity contribution in [2.24, 2.45) is 23.7 Å². The van der Waals surface area contributed by atoms with E-state index in [-0.39, 0.29) is 51.8 Å². The van der Waals surface area contributed by atoms with Gasteiger partial charge in [0.25, 0.3) is 10.0 Å². The number of imide groups is 1. The molecule has 32 heavy (non-hydrogen) atoms. The molecular weight excluding hydrogens is 430 g/mol. The Bertz CT molecular complexity index is 1210. The molecule has 2 bridgehead atoms. The van der Waals surface area contributed by atoms with Gasteiger partial charge < -0.3 is 5.32 Å². The van der Waals surface area contributed by atoms with Gasteiger partial charge in [-0.15, -0.1) is 0 Å². The van der Waals surface area contributed by atoms with Gasteiger partial charge in [-0.3, -0.25) is 24.0 Å². The van der Waals surface area contributed by atoms with Crippen molar-refractivity contribution in [2.45, 2.75) is 11.3 Å². The van der Waals surface area contributed by atoms with E-state index in [4.69, 9.17) is 0 Å². The molecule has 1 heterocycles. The molecule has 8 nitrogen and oxygen atoms in total. The fourth-order valence-electron chi connectivity index (χ4n) is 4.94. The summed E-state index contributed by atoms with van der Waals surface area (Å²) >= 11 is 0. The monoisotopic (exact) mass is 451 g/mol. The lowest BCUT2D eigenvalue weighted by molar-refractivity contribution is -0.143. The Hall–Kier alpha value is -3.46. The van der Waals surface area contributed by atoms with Gasteiger partial charge in [-0.25, -0.2) is 8.42 Å². The molecule has 2 aromatic carbocycles. The number of allylic oxidation sites excluding steroid dienone is 2. The largest absolute Gasteiger partial charge is 0.323 e. The van der Waals surface area contributed by atoms with Crippen LogP contribution in [0, 0.1) is 23.7 Å². The van der Waals surface area contributed by atoms with E-state index >= 15 is 0 Å². The van der Waals surface area contributed by atoms with Crippen molar-refractivity contribution >= 4 is 39.1 Å². The number of anilines is 2. The van der Waals surface area contributed by atoms with Gasteiger partial charge in [0.2, 0.25) is 17.7 Å². The molecule has 4 atom stereocenters. The number of hydrogen-bond acceptors (Lipinski definition) is 5. The summed E-state index contributed by atoms with van der Waals surface area (Å²) in [6.07, 6.45) is 4.81. The zero-order valence-electron chi connectivity index (χ0n) is 17.0. The van der Waals surface area contributed by atoms with Crippen LogP contribution in [0.3, 0.4) is 0 Å². The first-order valence-electron chi connectivity index (χ1n) is 10.4. The average molecular weight is 452 g/mol. The molecule has 164 valence electrons. The summed E-state index contributed by atoms with van der Waals surface area (Å²) in [4.78, 5) is 39.4. The lowest BCUT2D eigenvalue weighted by Crippen LogP contribution is -2.39. The van der Waals surface area contributed by atoms with E-state index in [1.54, 1.807) is 36.4 Å². The van der Waals surface area contributed by atoms with Gasteiger partial charge in [-0.05, 0) is 42.5 Å². The zero-order valence-corrected chi connectivity index (χ0v) is 17.8. The highest BCUT2D eigenvalue weighted by Gasteiger charge is 2.59. The topological polar surface area (TPSA) is 113 Å². The van der Waals surface area contributed by atoms with Crippen LogP contribution in [0.5, 0.6) is 0 Å². The van der Waals surface area contributed by atoms with Crippen LogP contribution < -0.4 is 10.0 Å². The molecule has 4 unspecified atom stereocenters. The van der Waals surface area contributed by atoms with E-state index in [9.17, 15) is 22.8 Å². The maximum atomic E-state index is 12.8. The Kier molecular flexibility index (Phi) is 4.85. The fourth-order valence-corrected chi connectivity index (χ4v) is 6.04. The van der Waals surface area contributed by atoms with Crippen LogP contribution in [0.25, 0.3) is 0 Å². The first-order valence-corrected chi connectivity index (χ1v) is 11.8. The highest BCUT2D eigenvalue weighted by Crippen LogP contribution is 2.52. The van der Waals surface area contributed by atoms with E-state index in [1.165, 1.54) is 18.2 Å². The van der Waals surface area contributed by atoms with Crippen molar-refractivity contribution in [3.8, 4) is 0 Å².